The average molecular weight is 575 g/mol. The van der Waals surface area contributed by atoms with Crippen LogP contribution in [0.1, 0.15) is 41.1 Å². The summed E-state index contributed by atoms with van der Waals surface area (Å²) in [5.74, 6) is -0.653. The van der Waals surface area contributed by atoms with E-state index in [0.29, 0.717) is 35.7 Å². The lowest BCUT2D eigenvalue weighted by Crippen LogP contribution is -2.30. The fourth-order valence-electron chi connectivity index (χ4n) is 5.85. The summed E-state index contributed by atoms with van der Waals surface area (Å²) in [4.78, 5) is 52.7. The molecule has 6 rings (SSSR count). The van der Waals surface area contributed by atoms with Crippen LogP contribution in [-0.2, 0) is 19.1 Å². The molecule has 0 radical (unpaired) electrons. The minimum Gasteiger partial charge on any atom is -0.457 e. The van der Waals surface area contributed by atoms with Gasteiger partial charge in [-0.05, 0) is 91.4 Å². The molecule has 216 valence electrons. The van der Waals surface area contributed by atoms with Gasteiger partial charge in [0.05, 0.1) is 23.1 Å². The lowest BCUT2D eigenvalue weighted by Gasteiger charge is -2.28. The van der Waals surface area contributed by atoms with E-state index in [-0.39, 0.29) is 35.1 Å². The number of hydrogen-bond donors (Lipinski definition) is 1. The molecule has 0 bridgehead atoms. The van der Waals surface area contributed by atoms with Crippen LogP contribution in [0.2, 0.25) is 0 Å². The van der Waals surface area contributed by atoms with E-state index < -0.39 is 18.5 Å². The van der Waals surface area contributed by atoms with E-state index in [1.807, 2.05) is 48.5 Å². The number of hydrogen-bond acceptors (Lipinski definition) is 6. The van der Waals surface area contributed by atoms with Gasteiger partial charge in [-0.25, -0.2) is 4.79 Å². The second-order valence-electron chi connectivity index (χ2n) is 10.8. The first-order chi connectivity index (χ1) is 21.0. The van der Waals surface area contributed by atoms with Gasteiger partial charge in [-0.15, -0.1) is 0 Å². The van der Waals surface area contributed by atoms with E-state index in [9.17, 15) is 19.2 Å². The number of fused-ring (bicyclic) bond motifs is 1. The molecule has 2 aliphatic rings. The average Bonchev–Trinajstić information content (AvgIpc) is 3.30. The van der Waals surface area contributed by atoms with Gasteiger partial charge in [0.2, 0.25) is 11.8 Å². The molecule has 3 amide bonds. The quantitative estimate of drug-likeness (QED) is 0.194. The highest BCUT2D eigenvalue weighted by atomic mass is 16.5. The van der Waals surface area contributed by atoms with Gasteiger partial charge in [0.1, 0.15) is 11.5 Å². The Kier molecular flexibility index (Phi) is 8.00. The molecule has 2 fully saturated rings. The fourth-order valence-corrected chi connectivity index (χ4v) is 5.85. The van der Waals surface area contributed by atoms with Crippen molar-refractivity contribution in [2.45, 2.75) is 25.2 Å². The third kappa shape index (κ3) is 6.18. The minimum absolute atomic E-state index is 0.187. The Morgan fingerprint density at radius 1 is 0.721 bits per heavy atom. The predicted octanol–water partition coefficient (Wildman–Crippen LogP) is 6.35. The summed E-state index contributed by atoms with van der Waals surface area (Å²) in [6.45, 7) is -0.474. The first-order valence-corrected chi connectivity index (χ1v) is 14.3. The van der Waals surface area contributed by atoms with Crippen molar-refractivity contribution in [3.05, 3.63) is 120 Å². The Morgan fingerprint density at radius 2 is 1.35 bits per heavy atom. The zero-order valence-corrected chi connectivity index (χ0v) is 23.3. The first-order valence-electron chi connectivity index (χ1n) is 14.3. The minimum atomic E-state index is -0.688. The van der Waals surface area contributed by atoms with E-state index >= 15 is 0 Å². The van der Waals surface area contributed by atoms with Crippen molar-refractivity contribution in [1.29, 1.82) is 0 Å². The molecule has 1 saturated heterocycles. The molecule has 4 aromatic carbocycles. The number of ether oxygens (including phenoxy) is 2. The molecule has 0 unspecified atom stereocenters. The van der Waals surface area contributed by atoms with Crippen molar-refractivity contribution >= 4 is 35.1 Å². The summed E-state index contributed by atoms with van der Waals surface area (Å²) < 4.78 is 10.9. The standard InChI is InChI=1S/C35H30N2O6/c38-32(36-26-14-18-29(19-15-26)43-28-9-5-2-6-10-28)22-42-35(41)24-11-16-27(17-12-24)37-33(39)30-20-13-25(21-31(30)34(37)40)23-7-3-1-4-8-23/h1-12,14-19,25,30-31H,13,20-22H2,(H,36,38)/t25-,30-,31+/m1/s1. The molecular formula is C35H30N2O6. The number of rotatable bonds is 8. The van der Waals surface area contributed by atoms with Crippen LogP contribution in [0.3, 0.4) is 0 Å². The Hall–Kier alpha value is -5.24. The van der Waals surface area contributed by atoms with Gasteiger partial charge < -0.3 is 14.8 Å². The summed E-state index contributed by atoms with van der Waals surface area (Å²) in [5, 5.41) is 2.68. The van der Waals surface area contributed by atoms with Gasteiger partial charge in [0.15, 0.2) is 6.61 Å². The van der Waals surface area contributed by atoms with E-state index in [4.69, 9.17) is 9.47 Å². The Balaban J connectivity index is 1.01. The fraction of sp³-hybridized carbons (Fsp3) is 0.200. The molecule has 1 saturated carbocycles. The largest absolute Gasteiger partial charge is 0.457 e. The molecule has 1 aliphatic carbocycles. The van der Waals surface area contributed by atoms with Gasteiger partial charge >= 0.3 is 5.97 Å². The van der Waals surface area contributed by atoms with Gasteiger partial charge in [0.25, 0.3) is 5.91 Å². The van der Waals surface area contributed by atoms with Crippen LogP contribution in [0, 0.1) is 11.8 Å². The lowest BCUT2D eigenvalue weighted by molar-refractivity contribution is -0.122. The molecule has 1 N–H and O–H groups in total. The molecule has 1 aliphatic heterocycles. The summed E-state index contributed by atoms with van der Waals surface area (Å²) in [6.07, 6.45) is 2.18. The number of benzene rings is 4. The molecule has 0 aromatic heterocycles. The number of nitrogens with one attached hydrogen (secondary N) is 1. The van der Waals surface area contributed by atoms with Crippen molar-refractivity contribution < 1.29 is 28.7 Å². The normalized spacial score (nSPS) is 19.4. The molecule has 8 heteroatoms. The molecule has 0 spiro atoms. The topological polar surface area (TPSA) is 102 Å². The maximum Gasteiger partial charge on any atom is 0.338 e. The molecule has 8 nitrogen and oxygen atoms in total. The van der Waals surface area contributed by atoms with Crippen molar-refractivity contribution in [2.24, 2.45) is 11.8 Å². The highest BCUT2D eigenvalue weighted by Crippen LogP contribution is 2.45. The molecule has 43 heavy (non-hydrogen) atoms. The van der Waals surface area contributed by atoms with Crippen molar-refractivity contribution in [1.82, 2.24) is 0 Å². The van der Waals surface area contributed by atoms with Gasteiger partial charge in [-0.1, -0.05) is 48.5 Å². The van der Waals surface area contributed by atoms with Crippen LogP contribution < -0.4 is 15.0 Å². The lowest BCUT2D eigenvalue weighted by atomic mass is 9.73. The van der Waals surface area contributed by atoms with Crippen molar-refractivity contribution in [3.8, 4) is 11.5 Å². The van der Waals surface area contributed by atoms with E-state index in [1.165, 1.54) is 22.6 Å². The zero-order valence-electron chi connectivity index (χ0n) is 23.3. The Morgan fingerprint density at radius 3 is 2.05 bits per heavy atom. The second kappa shape index (κ2) is 12.3. The summed E-state index contributed by atoms with van der Waals surface area (Å²) in [6, 6.07) is 32.4. The first kappa shape index (κ1) is 27.9. The summed E-state index contributed by atoms with van der Waals surface area (Å²) in [5.41, 5.74) is 2.36. The van der Waals surface area contributed by atoms with E-state index in [2.05, 4.69) is 17.4 Å². The van der Waals surface area contributed by atoms with Crippen LogP contribution >= 0.6 is 0 Å². The number of imide groups is 1. The summed E-state index contributed by atoms with van der Waals surface area (Å²) in [7, 11) is 0. The number of anilines is 2. The van der Waals surface area contributed by atoms with Crippen LogP contribution in [-0.4, -0.2) is 30.3 Å². The summed E-state index contributed by atoms with van der Waals surface area (Å²) >= 11 is 0. The molecule has 3 atom stereocenters. The number of carbonyl (C=O) groups is 4. The third-order valence-electron chi connectivity index (χ3n) is 8.01. The predicted molar refractivity (Wildman–Crippen MR) is 161 cm³/mol. The van der Waals surface area contributed by atoms with Gasteiger partial charge in [-0.3, -0.25) is 19.3 Å². The highest BCUT2D eigenvalue weighted by molar-refractivity contribution is 6.22. The number of para-hydroxylation sites is 1. The second-order valence-corrected chi connectivity index (χ2v) is 10.8. The van der Waals surface area contributed by atoms with E-state index in [1.54, 1.807) is 36.4 Å². The maximum atomic E-state index is 13.3. The SMILES string of the molecule is O=C(COC(=O)c1ccc(N2C(=O)[C@H]3C[C@H](c4ccccc4)CC[C@H]3C2=O)cc1)Nc1ccc(Oc2ccccc2)cc1. The van der Waals surface area contributed by atoms with Gasteiger partial charge in [-0.2, -0.15) is 0 Å². The molecular weight excluding hydrogens is 544 g/mol. The van der Waals surface area contributed by atoms with Crippen molar-refractivity contribution in [3.63, 3.8) is 0 Å². The molecule has 1 heterocycles. The monoisotopic (exact) mass is 574 g/mol. The Labute approximate surface area is 249 Å². The maximum absolute atomic E-state index is 13.3. The van der Waals surface area contributed by atoms with Gasteiger partial charge in [0, 0.05) is 5.69 Å². The zero-order chi connectivity index (χ0) is 29.8. The van der Waals surface area contributed by atoms with Crippen LogP contribution in [0.4, 0.5) is 11.4 Å². The van der Waals surface area contributed by atoms with Crippen molar-refractivity contribution in [2.75, 3.05) is 16.8 Å². The molecule has 4 aromatic rings. The van der Waals surface area contributed by atoms with Crippen LogP contribution in [0.25, 0.3) is 0 Å². The highest BCUT2D eigenvalue weighted by Gasteiger charge is 2.50. The Bertz CT molecular complexity index is 1620. The third-order valence-corrected chi connectivity index (χ3v) is 8.01. The number of amides is 3. The number of carbonyl (C=O) groups excluding carboxylic acids is 4. The van der Waals surface area contributed by atoms with Crippen LogP contribution in [0.15, 0.2) is 109 Å². The smallest absolute Gasteiger partial charge is 0.338 e. The van der Waals surface area contributed by atoms with E-state index in [0.717, 1.165) is 6.42 Å². The van der Waals surface area contributed by atoms with Crippen LogP contribution in [0.5, 0.6) is 11.5 Å². The number of nitrogens with zero attached hydrogens (tertiary/aromatic N) is 1. The number of esters is 1.